The molecule has 3 aromatic rings. The van der Waals surface area contributed by atoms with Crippen LogP contribution in [0.2, 0.25) is 0 Å². The summed E-state index contributed by atoms with van der Waals surface area (Å²) in [5.74, 6) is -0.549. The first-order valence-corrected chi connectivity index (χ1v) is 8.67. The van der Waals surface area contributed by atoms with Gasteiger partial charge in [0, 0.05) is 14.8 Å². The van der Waals surface area contributed by atoms with Gasteiger partial charge in [0.1, 0.15) is 0 Å². The Morgan fingerprint density at radius 3 is 2.28 bits per heavy atom. The fraction of sp³-hybridized carbons (Fsp3) is 0.0526. The third kappa shape index (κ3) is 4.48. The molecular weight excluding hydrogens is 431 g/mol. The molecule has 0 saturated heterocycles. The van der Waals surface area contributed by atoms with E-state index in [1.54, 1.807) is 36.4 Å². The highest BCUT2D eigenvalue weighted by Gasteiger charge is 2.23. The summed E-state index contributed by atoms with van der Waals surface area (Å²) in [6, 6.07) is 19.5. The highest BCUT2D eigenvalue weighted by Crippen LogP contribution is 2.14. The molecule has 0 spiro atoms. The zero-order valence-electron chi connectivity index (χ0n) is 13.1. The Bertz CT molecular complexity index is 846. The van der Waals surface area contributed by atoms with Gasteiger partial charge in [0.2, 0.25) is 5.78 Å². The van der Waals surface area contributed by atoms with E-state index in [1.165, 1.54) is 6.26 Å². The molecule has 0 aliphatic carbocycles. The summed E-state index contributed by atoms with van der Waals surface area (Å²) in [6.07, 6.45) is 0.496. The Balaban J connectivity index is 1.83. The molecule has 0 unspecified atom stereocenters. The first-order chi connectivity index (χ1) is 12.1. The molecule has 0 saturated carbocycles. The summed E-state index contributed by atoms with van der Waals surface area (Å²) in [5.41, 5.74) is 1.24. The van der Waals surface area contributed by atoms with E-state index in [9.17, 15) is 9.59 Å². The number of furan rings is 1. The van der Waals surface area contributed by atoms with Crippen LogP contribution in [-0.4, -0.2) is 17.9 Å². The van der Waals surface area contributed by atoms with Crippen molar-refractivity contribution in [1.82, 2.24) is 5.32 Å². The third-order valence-electron chi connectivity index (χ3n) is 3.50. The van der Waals surface area contributed by atoms with E-state index >= 15 is 0 Å². The van der Waals surface area contributed by atoms with Crippen LogP contribution in [0, 0.1) is 3.57 Å². The van der Waals surface area contributed by atoms with Crippen LogP contribution in [-0.2, 0) is 0 Å². The predicted octanol–water partition coefficient (Wildman–Crippen LogP) is 3.94. The van der Waals surface area contributed by atoms with Crippen LogP contribution in [0.5, 0.6) is 0 Å². The summed E-state index contributed by atoms with van der Waals surface area (Å²) in [4.78, 5) is 25.1. The maximum Gasteiger partial charge on any atom is 0.288 e. The van der Waals surface area contributed by atoms with Gasteiger partial charge in [-0.05, 0) is 59.0 Å². The maximum absolute atomic E-state index is 12.8. The van der Waals surface area contributed by atoms with Gasteiger partial charge in [-0.1, -0.05) is 30.3 Å². The maximum atomic E-state index is 12.8. The van der Waals surface area contributed by atoms with Gasteiger partial charge in [-0.2, -0.15) is 0 Å². The molecule has 1 heterocycles. The quantitative estimate of drug-likeness (QED) is 0.342. The van der Waals surface area contributed by atoms with E-state index in [2.05, 4.69) is 33.2 Å². The standard InChI is InChI=1S/C19H15IN2O3/c20-14-8-10-15(11-9-14)21-18(17(23)13-5-2-1-3-6-13)22-19(24)16-7-4-12-25-16/h1-12,18,21H,(H,22,24)/t18-/m0/s1. The largest absolute Gasteiger partial charge is 0.459 e. The first-order valence-electron chi connectivity index (χ1n) is 7.59. The minimum absolute atomic E-state index is 0.148. The molecule has 0 fully saturated rings. The van der Waals surface area contributed by atoms with Gasteiger partial charge < -0.3 is 15.1 Å². The Kier molecular flexibility index (Phi) is 5.49. The van der Waals surface area contributed by atoms with Gasteiger partial charge in [0.25, 0.3) is 5.91 Å². The summed E-state index contributed by atoms with van der Waals surface area (Å²) >= 11 is 2.20. The number of anilines is 1. The number of hydrogen-bond acceptors (Lipinski definition) is 4. The number of Topliss-reactive ketones (excluding diaryl/α,β-unsaturated/α-hetero) is 1. The van der Waals surface area contributed by atoms with Crippen molar-refractivity contribution in [3.8, 4) is 0 Å². The van der Waals surface area contributed by atoms with Gasteiger partial charge in [-0.15, -0.1) is 0 Å². The fourth-order valence-corrected chi connectivity index (χ4v) is 2.62. The highest BCUT2D eigenvalue weighted by molar-refractivity contribution is 14.1. The lowest BCUT2D eigenvalue weighted by Gasteiger charge is -2.20. The topological polar surface area (TPSA) is 71.3 Å². The monoisotopic (exact) mass is 446 g/mol. The Morgan fingerprint density at radius 1 is 0.920 bits per heavy atom. The molecule has 5 nitrogen and oxygen atoms in total. The molecule has 1 atom stereocenters. The summed E-state index contributed by atoms with van der Waals surface area (Å²) in [6.45, 7) is 0. The number of hydrogen-bond donors (Lipinski definition) is 2. The van der Waals surface area contributed by atoms with Crippen LogP contribution in [0.15, 0.2) is 77.4 Å². The zero-order chi connectivity index (χ0) is 17.6. The molecule has 0 aliphatic heterocycles. The molecule has 0 aliphatic rings. The van der Waals surface area contributed by atoms with Gasteiger partial charge in [-0.25, -0.2) is 0 Å². The minimum atomic E-state index is -0.917. The van der Waals surface area contributed by atoms with Crippen LogP contribution in [0.1, 0.15) is 20.9 Å². The van der Waals surface area contributed by atoms with Gasteiger partial charge in [-0.3, -0.25) is 9.59 Å². The second kappa shape index (κ2) is 7.98. The molecule has 1 amide bonds. The summed E-state index contributed by atoms with van der Waals surface area (Å²) in [5, 5.41) is 5.76. The van der Waals surface area contributed by atoms with E-state index in [-0.39, 0.29) is 11.5 Å². The predicted molar refractivity (Wildman–Crippen MR) is 104 cm³/mol. The molecule has 0 bridgehead atoms. The van der Waals surface area contributed by atoms with Crippen molar-refractivity contribution in [1.29, 1.82) is 0 Å². The van der Waals surface area contributed by atoms with Crippen LogP contribution in [0.3, 0.4) is 0 Å². The summed E-state index contributed by atoms with van der Waals surface area (Å²) < 4.78 is 6.17. The number of amides is 1. The molecule has 2 aromatic carbocycles. The molecule has 6 heteroatoms. The highest BCUT2D eigenvalue weighted by atomic mass is 127. The van der Waals surface area contributed by atoms with Crippen LogP contribution in [0.4, 0.5) is 5.69 Å². The number of carbonyl (C=O) groups excluding carboxylic acids is 2. The SMILES string of the molecule is O=C(N[C@H](Nc1ccc(I)cc1)C(=O)c1ccccc1)c1ccco1. The van der Waals surface area contributed by atoms with Crippen molar-refractivity contribution >= 4 is 40.0 Å². The number of carbonyl (C=O) groups is 2. The Hall–Kier alpha value is -2.61. The van der Waals surface area contributed by atoms with Crippen molar-refractivity contribution in [3.63, 3.8) is 0 Å². The second-order valence-electron chi connectivity index (χ2n) is 5.27. The molecule has 126 valence electrons. The van der Waals surface area contributed by atoms with Crippen molar-refractivity contribution < 1.29 is 14.0 Å². The number of benzene rings is 2. The molecule has 2 N–H and O–H groups in total. The average Bonchev–Trinajstić information content (AvgIpc) is 3.18. The number of ketones is 1. The molecule has 25 heavy (non-hydrogen) atoms. The lowest BCUT2D eigenvalue weighted by molar-refractivity contribution is 0.0853. The van der Waals surface area contributed by atoms with Gasteiger partial charge in [0.05, 0.1) is 6.26 Å². The smallest absolute Gasteiger partial charge is 0.288 e. The average molecular weight is 446 g/mol. The molecular formula is C19H15IN2O3. The van der Waals surface area contributed by atoms with E-state index in [1.807, 2.05) is 30.3 Å². The van der Waals surface area contributed by atoms with Crippen molar-refractivity contribution in [2.24, 2.45) is 0 Å². The molecule has 0 radical (unpaired) electrons. The van der Waals surface area contributed by atoms with Crippen LogP contribution in [0.25, 0.3) is 0 Å². The van der Waals surface area contributed by atoms with E-state index in [0.717, 1.165) is 9.26 Å². The first kappa shape index (κ1) is 17.2. The summed E-state index contributed by atoms with van der Waals surface area (Å²) in [7, 11) is 0. The van der Waals surface area contributed by atoms with Gasteiger partial charge in [0.15, 0.2) is 11.9 Å². The van der Waals surface area contributed by atoms with E-state index in [4.69, 9.17) is 4.42 Å². The van der Waals surface area contributed by atoms with Crippen molar-refractivity contribution in [3.05, 3.63) is 87.9 Å². The Labute approximate surface area is 158 Å². The minimum Gasteiger partial charge on any atom is -0.459 e. The molecule has 1 aromatic heterocycles. The van der Waals surface area contributed by atoms with Crippen LogP contribution < -0.4 is 10.6 Å². The fourth-order valence-electron chi connectivity index (χ4n) is 2.26. The van der Waals surface area contributed by atoms with E-state index in [0.29, 0.717) is 5.56 Å². The third-order valence-corrected chi connectivity index (χ3v) is 4.22. The number of halogens is 1. The van der Waals surface area contributed by atoms with Crippen molar-refractivity contribution in [2.45, 2.75) is 6.17 Å². The number of nitrogens with one attached hydrogen (secondary N) is 2. The van der Waals surface area contributed by atoms with Crippen molar-refractivity contribution in [2.75, 3.05) is 5.32 Å². The molecule has 3 rings (SSSR count). The normalized spacial score (nSPS) is 11.6. The lowest BCUT2D eigenvalue weighted by atomic mass is 10.1. The van der Waals surface area contributed by atoms with E-state index < -0.39 is 12.1 Å². The van der Waals surface area contributed by atoms with Crippen LogP contribution >= 0.6 is 22.6 Å². The number of rotatable bonds is 6. The Morgan fingerprint density at radius 2 is 1.64 bits per heavy atom. The van der Waals surface area contributed by atoms with Gasteiger partial charge >= 0.3 is 0 Å². The lowest BCUT2D eigenvalue weighted by Crippen LogP contribution is -2.46. The zero-order valence-corrected chi connectivity index (χ0v) is 15.3. The second-order valence-corrected chi connectivity index (χ2v) is 6.51.